The minimum Gasteiger partial charge on any atom is -0.347 e. The zero-order valence-electron chi connectivity index (χ0n) is 13.0. The molecule has 0 unspecified atom stereocenters. The Balaban J connectivity index is 1.71. The number of halogens is 1. The molecule has 2 amide bonds. The minimum atomic E-state index is -0.296. The highest BCUT2D eigenvalue weighted by molar-refractivity contribution is 6.34. The molecule has 0 radical (unpaired) electrons. The molecule has 0 aliphatic carbocycles. The van der Waals surface area contributed by atoms with Crippen LogP contribution in [-0.4, -0.2) is 42.1 Å². The second kappa shape index (κ2) is 8.67. The van der Waals surface area contributed by atoms with Gasteiger partial charge in [-0.2, -0.15) is 0 Å². The van der Waals surface area contributed by atoms with Crippen LogP contribution in [0.5, 0.6) is 0 Å². The van der Waals surface area contributed by atoms with Gasteiger partial charge in [0, 0.05) is 31.5 Å². The van der Waals surface area contributed by atoms with E-state index >= 15 is 0 Å². The summed E-state index contributed by atoms with van der Waals surface area (Å²) in [5.41, 5.74) is 0.423. The molecule has 1 aromatic rings. The van der Waals surface area contributed by atoms with Gasteiger partial charge in [0.25, 0.3) is 0 Å². The summed E-state index contributed by atoms with van der Waals surface area (Å²) in [4.78, 5) is 37.5. The van der Waals surface area contributed by atoms with Crippen LogP contribution in [0.15, 0.2) is 24.3 Å². The zero-order valence-corrected chi connectivity index (χ0v) is 13.8. The maximum atomic E-state index is 12.0. The van der Waals surface area contributed by atoms with E-state index < -0.39 is 0 Å². The quantitative estimate of drug-likeness (QED) is 0.811. The van der Waals surface area contributed by atoms with Gasteiger partial charge in [0.05, 0.1) is 11.6 Å². The monoisotopic (exact) mass is 336 g/mol. The van der Waals surface area contributed by atoms with Gasteiger partial charge in [-0.15, -0.1) is 0 Å². The first kappa shape index (κ1) is 17.5. The fraction of sp³-hybridized carbons (Fsp3) is 0.471. The SMILES string of the molecule is O=C(CCC(=O)c1ccccc1Cl)NCC(=O)N1CCCCC1. The first-order valence-electron chi connectivity index (χ1n) is 7.90. The number of Topliss-reactive ketones (excluding diaryl/α,β-unsaturated/α-hetero) is 1. The second-order valence-electron chi connectivity index (χ2n) is 5.62. The molecule has 0 bridgehead atoms. The van der Waals surface area contributed by atoms with Gasteiger partial charge in [0.2, 0.25) is 11.8 Å². The molecule has 23 heavy (non-hydrogen) atoms. The van der Waals surface area contributed by atoms with Crippen molar-refractivity contribution in [3.8, 4) is 0 Å². The van der Waals surface area contributed by atoms with Crippen LogP contribution < -0.4 is 5.32 Å². The number of hydrogen-bond acceptors (Lipinski definition) is 3. The average Bonchev–Trinajstić information content (AvgIpc) is 2.58. The summed E-state index contributed by atoms with van der Waals surface area (Å²) < 4.78 is 0. The molecule has 1 saturated heterocycles. The maximum absolute atomic E-state index is 12.0. The number of rotatable bonds is 6. The number of nitrogens with one attached hydrogen (secondary N) is 1. The van der Waals surface area contributed by atoms with Gasteiger partial charge in [0.15, 0.2) is 5.78 Å². The number of amides is 2. The number of hydrogen-bond donors (Lipinski definition) is 1. The lowest BCUT2D eigenvalue weighted by Crippen LogP contribution is -2.42. The molecule has 1 fully saturated rings. The normalized spacial score (nSPS) is 14.4. The molecule has 124 valence electrons. The Morgan fingerprint density at radius 2 is 1.74 bits per heavy atom. The molecule has 1 aliphatic heterocycles. The van der Waals surface area contributed by atoms with Gasteiger partial charge in [-0.25, -0.2) is 0 Å². The van der Waals surface area contributed by atoms with Crippen molar-refractivity contribution in [2.45, 2.75) is 32.1 Å². The lowest BCUT2D eigenvalue weighted by molar-refractivity contribution is -0.133. The van der Waals surface area contributed by atoms with Gasteiger partial charge >= 0.3 is 0 Å². The van der Waals surface area contributed by atoms with E-state index in [1.165, 1.54) is 0 Å². The van der Waals surface area contributed by atoms with Crippen LogP contribution in [0.1, 0.15) is 42.5 Å². The molecule has 0 atom stereocenters. The summed E-state index contributed by atoms with van der Waals surface area (Å²) in [6, 6.07) is 6.77. The van der Waals surface area contributed by atoms with Crippen LogP contribution in [0.2, 0.25) is 5.02 Å². The Labute approximate surface area is 141 Å². The number of nitrogens with zero attached hydrogens (tertiary/aromatic N) is 1. The molecule has 1 heterocycles. The summed E-state index contributed by atoms with van der Waals surface area (Å²) in [5, 5.41) is 2.97. The van der Waals surface area contributed by atoms with Crippen LogP contribution in [0, 0.1) is 0 Å². The van der Waals surface area contributed by atoms with Crippen molar-refractivity contribution in [2.75, 3.05) is 19.6 Å². The van der Waals surface area contributed by atoms with Crippen LogP contribution in [0.4, 0.5) is 0 Å². The van der Waals surface area contributed by atoms with Crippen molar-refractivity contribution in [3.05, 3.63) is 34.9 Å². The second-order valence-corrected chi connectivity index (χ2v) is 6.03. The standard InChI is InChI=1S/C17H21ClN2O3/c18-14-7-3-2-6-13(14)15(21)8-9-16(22)19-12-17(23)20-10-4-1-5-11-20/h2-3,6-7H,1,4-5,8-12H2,(H,19,22). The third kappa shape index (κ3) is 5.36. The third-order valence-corrected chi connectivity index (χ3v) is 4.23. The molecule has 5 nitrogen and oxygen atoms in total. The Morgan fingerprint density at radius 1 is 1.04 bits per heavy atom. The van der Waals surface area contributed by atoms with Gasteiger partial charge in [-0.3, -0.25) is 14.4 Å². The van der Waals surface area contributed by atoms with E-state index in [0.29, 0.717) is 10.6 Å². The first-order valence-corrected chi connectivity index (χ1v) is 8.28. The maximum Gasteiger partial charge on any atom is 0.241 e. The topological polar surface area (TPSA) is 66.5 Å². The van der Waals surface area contributed by atoms with Crippen LogP contribution >= 0.6 is 11.6 Å². The summed E-state index contributed by atoms with van der Waals surface area (Å²) in [5.74, 6) is -0.528. The number of carbonyl (C=O) groups is 3. The average molecular weight is 337 g/mol. The van der Waals surface area contributed by atoms with Gasteiger partial charge < -0.3 is 10.2 Å². The van der Waals surface area contributed by atoms with E-state index in [0.717, 1.165) is 32.4 Å². The molecule has 2 rings (SSSR count). The van der Waals surface area contributed by atoms with Crippen molar-refractivity contribution in [1.29, 1.82) is 0 Å². The Kier molecular flexibility index (Phi) is 6.59. The number of carbonyl (C=O) groups excluding carboxylic acids is 3. The molecule has 1 aliphatic rings. The molecular formula is C17H21ClN2O3. The summed E-state index contributed by atoms with van der Waals surface area (Å²) in [6.45, 7) is 1.53. The van der Waals surface area contributed by atoms with E-state index in [1.807, 2.05) is 0 Å². The van der Waals surface area contributed by atoms with E-state index in [4.69, 9.17) is 11.6 Å². The van der Waals surface area contributed by atoms with E-state index in [2.05, 4.69) is 5.32 Å². The van der Waals surface area contributed by atoms with E-state index in [9.17, 15) is 14.4 Å². The van der Waals surface area contributed by atoms with Crippen LogP contribution in [0.25, 0.3) is 0 Å². The largest absolute Gasteiger partial charge is 0.347 e. The minimum absolute atomic E-state index is 0.000876. The van der Waals surface area contributed by atoms with Gasteiger partial charge in [-0.05, 0) is 31.4 Å². The van der Waals surface area contributed by atoms with E-state index in [1.54, 1.807) is 29.2 Å². The van der Waals surface area contributed by atoms with Crippen molar-refractivity contribution in [3.63, 3.8) is 0 Å². The number of likely N-dealkylation sites (tertiary alicyclic amines) is 1. The fourth-order valence-electron chi connectivity index (χ4n) is 2.57. The lowest BCUT2D eigenvalue weighted by atomic mass is 10.1. The number of ketones is 1. The Morgan fingerprint density at radius 3 is 2.43 bits per heavy atom. The third-order valence-electron chi connectivity index (χ3n) is 3.90. The molecule has 1 aromatic carbocycles. The molecule has 6 heteroatoms. The highest BCUT2D eigenvalue weighted by Gasteiger charge is 2.17. The van der Waals surface area contributed by atoms with Crippen LogP contribution in [0.3, 0.4) is 0 Å². The summed E-state index contributed by atoms with van der Waals surface area (Å²) >= 11 is 5.95. The molecule has 0 saturated carbocycles. The highest BCUT2D eigenvalue weighted by Crippen LogP contribution is 2.17. The summed E-state index contributed by atoms with van der Waals surface area (Å²) in [7, 11) is 0. The van der Waals surface area contributed by atoms with Crippen molar-refractivity contribution in [2.24, 2.45) is 0 Å². The first-order chi connectivity index (χ1) is 11.1. The van der Waals surface area contributed by atoms with Crippen molar-refractivity contribution < 1.29 is 14.4 Å². The molecule has 0 spiro atoms. The summed E-state index contributed by atoms with van der Waals surface area (Å²) in [6.07, 6.45) is 3.32. The van der Waals surface area contributed by atoms with Crippen LogP contribution in [-0.2, 0) is 9.59 Å². The number of benzene rings is 1. The predicted octanol–water partition coefficient (Wildman–Crippen LogP) is 2.43. The predicted molar refractivity (Wildman–Crippen MR) is 88.5 cm³/mol. The van der Waals surface area contributed by atoms with Crippen molar-refractivity contribution >= 4 is 29.2 Å². The number of piperidine rings is 1. The zero-order chi connectivity index (χ0) is 16.7. The molecular weight excluding hydrogens is 316 g/mol. The lowest BCUT2D eigenvalue weighted by Gasteiger charge is -2.26. The fourth-order valence-corrected chi connectivity index (χ4v) is 2.81. The van der Waals surface area contributed by atoms with Gasteiger partial charge in [-0.1, -0.05) is 23.7 Å². The molecule has 1 N–H and O–H groups in total. The Hall–Kier alpha value is -1.88. The van der Waals surface area contributed by atoms with Crippen molar-refractivity contribution in [1.82, 2.24) is 10.2 Å². The Bertz CT molecular complexity index is 583. The molecule has 0 aromatic heterocycles. The smallest absolute Gasteiger partial charge is 0.241 e. The highest BCUT2D eigenvalue weighted by atomic mass is 35.5. The van der Waals surface area contributed by atoms with Gasteiger partial charge in [0.1, 0.15) is 0 Å². The van der Waals surface area contributed by atoms with E-state index in [-0.39, 0.29) is 37.0 Å².